The first-order valence-corrected chi connectivity index (χ1v) is 5.33. The molecule has 0 unspecified atom stereocenters. The van der Waals surface area contributed by atoms with Crippen LogP contribution >= 0.6 is 0 Å². The fraction of sp³-hybridized carbons (Fsp3) is 0.444. The summed E-state index contributed by atoms with van der Waals surface area (Å²) in [5.74, 6) is -0.0590. The second-order valence-electron chi connectivity index (χ2n) is 3.55. The molecule has 0 spiro atoms. The van der Waals surface area contributed by atoms with Gasteiger partial charge in [-0.15, -0.1) is 10.2 Å². The summed E-state index contributed by atoms with van der Waals surface area (Å²) in [6.45, 7) is 2.28. The molecule has 96 valence electrons. The third kappa shape index (κ3) is 2.44. The van der Waals surface area contributed by atoms with E-state index in [9.17, 15) is 4.79 Å². The lowest BCUT2D eigenvalue weighted by Gasteiger charge is -1.98. The molecule has 0 radical (unpaired) electrons. The molecule has 0 atom stereocenters. The van der Waals surface area contributed by atoms with Gasteiger partial charge in [-0.3, -0.25) is 4.68 Å². The number of nitrogens with two attached hydrogens (primary N) is 1. The van der Waals surface area contributed by atoms with Gasteiger partial charge in [-0.25, -0.2) is 4.79 Å². The number of hydrogen-bond acceptors (Lipinski definition) is 7. The number of rotatable bonds is 4. The lowest BCUT2D eigenvalue weighted by atomic mass is 10.4. The molecular weight excluding hydrogens is 238 g/mol. The average Bonchev–Trinajstić information content (AvgIpc) is 2.86. The third-order valence-corrected chi connectivity index (χ3v) is 2.11. The van der Waals surface area contributed by atoms with Crippen molar-refractivity contribution in [2.45, 2.75) is 13.5 Å². The summed E-state index contributed by atoms with van der Waals surface area (Å²) in [4.78, 5) is 12.9. The summed E-state index contributed by atoms with van der Waals surface area (Å²) in [5, 5.41) is 15.5. The number of carbonyl (C=O) groups is 1. The smallest absolute Gasteiger partial charge is 0.361 e. The second-order valence-corrected chi connectivity index (χ2v) is 3.55. The molecule has 0 fully saturated rings. The Kier molecular flexibility index (Phi) is 3.22. The average molecular weight is 251 g/mol. The number of hydrogen-bond donors (Lipinski definition) is 1. The van der Waals surface area contributed by atoms with Crippen LogP contribution < -0.4 is 5.73 Å². The van der Waals surface area contributed by atoms with Crippen molar-refractivity contribution in [3.8, 4) is 0 Å². The zero-order valence-corrected chi connectivity index (χ0v) is 10.1. The molecule has 0 aliphatic carbocycles. The Hall–Kier alpha value is -2.45. The van der Waals surface area contributed by atoms with Crippen molar-refractivity contribution in [3.05, 3.63) is 17.7 Å². The van der Waals surface area contributed by atoms with Crippen molar-refractivity contribution in [1.29, 1.82) is 0 Å². The highest BCUT2D eigenvalue weighted by Gasteiger charge is 2.16. The molecule has 2 heterocycles. The van der Waals surface area contributed by atoms with Crippen LogP contribution in [0.15, 0.2) is 6.20 Å². The van der Waals surface area contributed by atoms with Gasteiger partial charge in [-0.1, -0.05) is 0 Å². The van der Waals surface area contributed by atoms with E-state index >= 15 is 0 Å². The number of nitrogens with zero attached hydrogens (tertiary/aromatic N) is 6. The molecule has 0 aliphatic heterocycles. The van der Waals surface area contributed by atoms with Crippen LogP contribution in [-0.2, 0) is 18.3 Å². The Morgan fingerprint density at radius 3 is 2.89 bits per heavy atom. The van der Waals surface area contributed by atoms with Gasteiger partial charge in [0.25, 0.3) is 0 Å². The normalized spacial score (nSPS) is 10.6. The first-order chi connectivity index (χ1) is 8.60. The van der Waals surface area contributed by atoms with Crippen molar-refractivity contribution in [3.63, 3.8) is 0 Å². The van der Waals surface area contributed by atoms with Crippen LogP contribution in [0.5, 0.6) is 0 Å². The van der Waals surface area contributed by atoms with Gasteiger partial charge >= 0.3 is 5.97 Å². The van der Waals surface area contributed by atoms with E-state index in [1.54, 1.807) is 14.0 Å². The van der Waals surface area contributed by atoms with Crippen LogP contribution in [0.3, 0.4) is 0 Å². The molecule has 0 bridgehead atoms. The molecule has 9 nitrogen and oxygen atoms in total. The van der Waals surface area contributed by atoms with Gasteiger partial charge in [0.2, 0.25) is 0 Å². The SMILES string of the molecule is CCOC(=O)c1nn(Cc2nnn(C)n2)cc1N. The molecule has 0 aromatic carbocycles. The maximum atomic E-state index is 11.5. The Labute approximate surface area is 103 Å². The van der Waals surface area contributed by atoms with Crippen LogP contribution in [0.1, 0.15) is 23.2 Å². The van der Waals surface area contributed by atoms with E-state index in [4.69, 9.17) is 10.5 Å². The highest BCUT2D eigenvalue weighted by Crippen LogP contribution is 2.11. The lowest BCUT2D eigenvalue weighted by Crippen LogP contribution is -2.09. The lowest BCUT2D eigenvalue weighted by molar-refractivity contribution is 0.0519. The molecule has 2 aromatic heterocycles. The highest BCUT2D eigenvalue weighted by molar-refractivity contribution is 5.92. The molecular formula is C9H13N7O2. The van der Waals surface area contributed by atoms with E-state index in [0.29, 0.717) is 5.82 Å². The second kappa shape index (κ2) is 4.82. The van der Waals surface area contributed by atoms with Crippen LogP contribution in [0.25, 0.3) is 0 Å². The largest absolute Gasteiger partial charge is 0.461 e. The summed E-state index contributed by atoms with van der Waals surface area (Å²) in [6.07, 6.45) is 1.53. The van der Waals surface area contributed by atoms with Crippen molar-refractivity contribution < 1.29 is 9.53 Å². The van der Waals surface area contributed by atoms with E-state index in [0.717, 1.165) is 0 Å². The van der Waals surface area contributed by atoms with Crippen LogP contribution in [0.4, 0.5) is 5.69 Å². The summed E-state index contributed by atoms with van der Waals surface area (Å²) in [6, 6.07) is 0. The predicted molar refractivity (Wildman–Crippen MR) is 60.5 cm³/mol. The molecule has 0 saturated carbocycles. The number of aryl methyl sites for hydroxylation is 1. The van der Waals surface area contributed by atoms with Crippen molar-refractivity contribution in [1.82, 2.24) is 30.0 Å². The third-order valence-electron chi connectivity index (χ3n) is 2.11. The molecule has 2 rings (SSSR count). The monoisotopic (exact) mass is 251 g/mol. The zero-order valence-electron chi connectivity index (χ0n) is 10.1. The maximum Gasteiger partial charge on any atom is 0.361 e. The van der Waals surface area contributed by atoms with E-state index in [1.807, 2.05) is 0 Å². The fourth-order valence-electron chi connectivity index (χ4n) is 1.41. The number of nitrogen functional groups attached to an aromatic ring is 1. The Bertz CT molecular complexity index is 559. The molecule has 9 heteroatoms. The Morgan fingerprint density at radius 1 is 1.50 bits per heavy atom. The number of aromatic nitrogens is 6. The number of ether oxygens (including phenoxy) is 1. The number of tetrazole rings is 1. The van der Waals surface area contributed by atoms with Crippen LogP contribution in [0.2, 0.25) is 0 Å². The zero-order chi connectivity index (χ0) is 13.1. The molecule has 0 saturated heterocycles. The van der Waals surface area contributed by atoms with E-state index in [2.05, 4.69) is 20.5 Å². The summed E-state index contributed by atoms with van der Waals surface area (Å²) in [7, 11) is 1.66. The number of carbonyl (C=O) groups excluding carboxylic acids is 1. The highest BCUT2D eigenvalue weighted by atomic mass is 16.5. The molecule has 2 aromatic rings. The van der Waals surface area contributed by atoms with Gasteiger partial charge < -0.3 is 10.5 Å². The molecule has 18 heavy (non-hydrogen) atoms. The quantitative estimate of drug-likeness (QED) is 0.708. The van der Waals surface area contributed by atoms with Crippen molar-refractivity contribution in [2.24, 2.45) is 7.05 Å². The maximum absolute atomic E-state index is 11.5. The van der Waals surface area contributed by atoms with E-state index in [1.165, 1.54) is 15.7 Å². The van der Waals surface area contributed by atoms with Gasteiger partial charge in [0.15, 0.2) is 11.5 Å². The number of anilines is 1. The van der Waals surface area contributed by atoms with E-state index in [-0.39, 0.29) is 24.5 Å². The standard InChI is InChI=1S/C9H13N7O2/c1-3-18-9(17)8-6(10)4-16(13-8)5-7-11-14-15(2)12-7/h4H,3,5,10H2,1-2H3. The predicted octanol–water partition coefficient (Wildman–Crippen LogP) is -0.786. The summed E-state index contributed by atoms with van der Waals surface area (Å²) in [5.41, 5.74) is 6.04. The minimum absolute atomic E-state index is 0.0979. The molecule has 0 amide bonds. The minimum Gasteiger partial charge on any atom is -0.461 e. The fourth-order valence-corrected chi connectivity index (χ4v) is 1.41. The first-order valence-electron chi connectivity index (χ1n) is 5.33. The van der Waals surface area contributed by atoms with Gasteiger partial charge in [0, 0.05) is 6.20 Å². The van der Waals surface area contributed by atoms with Gasteiger partial charge in [0.1, 0.15) is 6.54 Å². The Balaban J connectivity index is 2.16. The van der Waals surface area contributed by atoms with Gasteiger partial charge in [-0.2, -0.15) is 9.90 Å². The Morgan fingerprint density at radius 2 is 2.28 bits per heavy atom. The molecule has 0 aliphatic rings. The number of esters is 1. The van der Waals surface area contributed by atoms with Crippen LogP contribution in [0, 0.1) is 0 Å². The van der Waals surface area contributed by atoms with Crippen LogP contribution in [-0.4, -0.2) is 42.6 Å². The van der Waals surface area contributed by atoms with Gasteiger partial charge in [0.05, 0.1) is 19.3 Å². The topological polar surface area (TPSA) is 114 Å². The van der Waals surface area contributed by atoms with Crippen molar-refractivity contribution >= 4 is 11.7 Å². The first kappa shape index (κ1) is 12.0. The van der Waals surface area contributed by atoms with E-state index < -0.39 is 5.97 Å². The van der Waals surface area contributed by atoms with Gasteiger partial charge in [-0.05, 0) is 12.1 Å². The minimum atomic E-state index is -0.541. The molecule has 2 N–H and O–H groups in total. The summed E-state index contributed by atoms with van der Waals surface area (Å²) < 4.78 is 6.30. The summed E-state index contributed by atoms with van der Waals surface area (Å²) >= 11 is 0. The van der Waals surface area contributed by atoms with Crippen molar-refractivity contribution in [2.75, 3.05) is 12.3 Å².